The standard InChI is InChI=1S/C21H27FN2O4/c22-17-2-4-18(5-3-17)24-15-21(28-13-20(24)26)8-1-9-23(14-21)19(25)12-16-6-10-27-11-7-16/h2-5,16H,1,6-15H2. The van der Waals surface area contributed by atoms with Gasteiger partial charge in [0.25, 0.3) is 5.91 Å². The summed E-state index contributed by atoms with van der Waals surface area (Å²) >= 11 is 0. The fourth-order valence-electron chi connectivity index (χ4n) is 4.46. The molecule has 2 amide bonds. The fraction of sp³-hybridized carbons (Fsp3) is 0.619. The van der Waals surface area contributed by atoms with Crippen LogP contribution in [-0.4, -0.2) is 61.8 Å². The van der Waals surface area contributed by atoms with Crippen LogP contribution in [0.4, 0.5) is 10.1 Å². The highest BCUT2D eigenvalue weighted by Gasteiger charge is 2.44. The second kappa shape index (κ2) is 8.17. The molecule has 0 N–H and O–H groups in total. The molecule has 3 fully saturated rings. The Bertz CT molecular complexity index is 720. The van der Waals surface area contributed by atoms with Crippen LogP contribution in [0, 0.1) is 11.7 Å². The third-order valence-corrected chi connectivity index (χ3v) is 6.08. The van der Waals surface area contributed by atoms with Crippen LogP contribution in [0.2, 0.25) is 0 Å². The quantitative estimate of drug-likeness (QED) is 0.795. The monoisotopic (exact) mass is 390 g/mol. The molecule has 28 heavy (non-hydrogen) atoms. The van der Waals surface area contributed by atoms with Crippen molar-refractivity contribution in [3.63, 3.8) is 0 Å². The second-order valence-electron chi connectivity index (χ2n) is 8.11. The van der Waals surface area contributed by atoms with Crippen LogP contribution in [0.15, 0.2) is 24.3 Å². The summed E-state index contributed by atoms with van der Waals surface area (Å²) in [6.45, 7) is 3.08. The average molecular weight is 390 g/mol. The molecule has 3 heterocycles. The molecule has 1 unspecified atom stereocenters. The lowest BCUT2D eigenvalue weighted by Gasteiger charge is -2.47. The first-order valence-corrected chi connectivity index (χ1v) is 10.1. The van der Waals surface area contributed by atoms with Crippen molar-refractivity contribution in [2.24, 2.45) is 5.92 Å². The molecule has 1 atom stereocenters. The van der Waals surface area contributed by atoms with Gasteiger partial charge in [0.05, 0.1) is 13.1 Å². The Balaban J connectivity index is 1.43. The molecule has 4 rings (SSSR count). The predicted molar refractivity (Wildman–Crippen MR) is 101 cm³/mol. The Kier molecular flexibility index (Phi) is 5.64. The molecule has 0 radical (unpaired) electrons. The number of nitrogens with zero attached hydrogens (tertiary/aromatic N) is 2. The van der Waals surface area contributed by atoms with Crippen molar-refractivity contribution < 1.29 is 23.5 Å². The summed E-state index contributed by atoms with van der Waals surface area (Å²) in [6.07, 6.45) is 4.09. The average Bonchev–Trinajstić information content (AvgIpc) is 2.72. The van der Waals surface area contributed by atoms with Crippen molar-refractivity contribution in [1.29, 1.82) is 0 Å². The van der Waals surface area contributed by atoms with Gasteiger partial charge in [-0.25, -0.2) is 4.39 Å². The number of morpholine rings is 1. The number of ether oxygens (including phenoxy) is 2. The minimum Gasteiger partial charge on any atom is -0.381 e. The molecule has 3 aliphatic rings. The molecule has 7 heteroatoms. The number of carbonyl (C=O) groups is 2. The molecule has 1 aromatic rings. The fourth-order valence-corrected chi connectivity index (χ4v) is 4.46. The number of rotatable bonds is 3. The van der Waals surface area contributed by atoms with Crippen LogP contribution >= 0.6 is 0 Å². The Hall–Kier alpha value is -1.99. The molecule has 3 aliphatic heterocycles. The summed E-state index contributed by atoms with van der Waals surface area (Å²) in [7, 11) is 0. The van der Waals surface area contributed by atoms with Gasteiger partial charge in [-0.3, -0.25) is 9.59 Å². The maximum absolute atomic E-state index is 13.3. The summed E-state index contributed by atoms with van der Waals surface area (Å²) < 4.78 is 24.6. The summed E-state index contributed by atoms with van der Waals surface area (Å²) in [6, 6.07) is 5.94. The van der Waals surface area contributed by atoms with Crippen molar-refractivity contribution in [3.05, 3.63) is 30.1 Å². The largest absolute Gasteiger partial charge is 0.381 e. The van der Waals surface area contributed by atoms with E-state index in [2.05, 4.69) is 0 Å². The maximum Gasteiger partial charge on any atom is 0.253 e. The molecule has 0 aromatic heterocycles. The molecule has 1 spiro atoms. The zero-order valence-corrected chi connectivity index (χ0v) is 16.1. The van der Waals surface area contributed by atoms with Gasteiger partial charge < -0.3 is 19.3 Å². The predicted octanol–water partition coefficient (Wildman–Crippen LogP) is 2.37. The molecule has 1 aromatic carbocycles. The summed E-state index contributed by atoms with van der Waals surface area (Å²) in [5.41, 5.74) is 0.117. The molecule has 3 saturated heterocycles. The summed E-state index contributed by atoms with van der Waals surface area (Å²) in [5.74, 6) is 0.0908. The van der Waals surface area contributed by atoms with Crippen molar-refractivity contribution >= 4 is 17.5 Å². The lowest BCUT2D eigenvalue weighted by Crippen LogP contribution is -2.62. The van der Waals surface area contributed by atoms with Crippen LogP contribution in [0.3, 0.4) is 0 Å². The van der Waals surface area contributed by atoms with Crippen molar-refractivity contribution in [2.75, 3.05) is 44.4 Å². The van der Waals surface area contributed by atoms with Gasteiger partial charge in [-0.15, -0.1) is 0 Å². The number of carbonyl (C=O) groups excluding carboxylic acids is 2. The lowest BCUT2D eigenvalue weighted by molar-refractivity contribution is -0.154. The Morgan fingerprint density at radius 2 is 1.93 bits per heavy atom. The van der Waals surface area contributed by atoms with Gasteiger partial charge in [0.2, 0.25) is 5.91 Å². The van der Waals surface area contributed by atoms with Gasteiger partial charge in [-0.05, 0) is 55.9 Å². The van der Waals surface area contributed by atoms with Gasteiger partial charge >= 0.3 is 0 Å². The van der Waals surface area contributed by atoms with Gasteiger partial charge in [0.15, 0.2) is 0 Å². The highest BCUT2D eigenvalue weighted by atomic mass is 19.1. The highest BCUT2D eigenvalue weighted by molar-refractivity contribution is 5.95. The van der Waals surface area contributed by atoms with Gasteiger partial charge in [0, 0.05) is 31.9 Å². The number of amides is 2. The topological polar surface area (TPSA) is 59.1 Å². The summed E-state index contributed by atoms with van der Waals surface area (Å²) in [5, 5.41) is 0. The van der Waals surface area contributed by atoms with Crippen LogP contribution in [-0.2, 0) is 19.1 Å². The van der Waals surface area contributed by atoms with Crippen molar-refractivity contribution in [2.45, 2.75) is 37.7 Å². The summed E-state index contributed by atoms with van der Waals surface area (Å²) in [4.78, 5) is 28.8. The van der Waals surface area contributed by atoms with Crippen LogP contribution in [0.1, 0.15) is 32.1 Å². The van der Waals surface area contributed by atoms with E-state index in [1.807, 2.05) is 4.90 Å². The molecule has 6 nitrogen and oxygen atoms in total. The number of hydrogen-bond donors (Lipinski definition) is 0. The first-order chi connectivity index (χ1) is 13.5. The van der Waals surface area contributed by atoms with E-state index < -0.39 is 5.60 Å². The number of halogens is 1. The third-order valence-electron chi connectivity index (χ3n) is 6.08. The van der Waals surface area contributed by atoms with Gasteiger partial charge in [-0.1, -0.05) is 0 Å². The normalized spacial score (nSPS) is 26.7. The van der Waals surface area contributed by atoms with E-state index in [-0.39, 0.29) is 24.2 Å². The Morgan fingerprint density at radius 3 is 2.68 bits per heavy atom. The molecule has 0 bridgehead atoms. The van der Waals surface area contributed by atoms with E-state index >= 15 is 0 Å². The number of benzene rings is 1. The highest BCUT2D eigenvalue weighted by Crippen LogP contribution is 2.32. The second-order valence-corrected chi connectivity index (χ2v) is 8.11. The van der Waals surface area contributed by atoms with Crippen LogP contribution in [0.5, 0.6) is 0 Å². The number of anilines is 1. The minimum absolute atomic E-state index is 0.0145. The van der Waals surface area contributed by atoms with Crippen LogP contribution < -0.4 is 4.90 Å². The Morgan fingerprint density at radius 1 is 1.18 bits per heavy atom. The Labute approximate surface area is 164 Å². The minimum atomic E-state index is -0.550. The third kappa shape index (κ3) is 4.20. The zero-order chi connectivity index (χ0) is 19.6. The van der Waals surface area contributed by atoms with Gasteiger partial charge in [-0.2, -0.15) is 0 Å². The number of likely N-dealkylation sites (tertiary alicyclic amines) is 1. The lowest BCUT2D eigenvalue weighted by atomic mass is 9.89. The molecule has 0 saturated carbocycles. The molecule has 0 aliphatic carbocycles. The molecular formula is C21H27FN2O4. The SMILES string of the molecule is O=C(CC1CCOCC1)N1CCCC2(C1)CN(c1ccc(F)cc1)C(=O)CO2. The molecular weight excluding hydrogens is 363 g/mol. The number of piperidine rings is 1. The first kappa shape index (κ1) is 19.3. The van der Waals surface area contributed by atoms with E-state index in [0.29, 0.717) is 31.1 Å². The van der Waals surface area contributed by atoms with Crippen LogP contribution in [0.25, 0.3) is 0 Å². The van der Waals surface area contributed by atoms with E-state index in [1.54, 1.807) is 17.0 Å². The zero-order valence-electron chi connectivity index (χ0n) is 16.1. The van der Waals surface area contributed by atoms with Crippen molar-refractivity contribution in [3.8, 4) is 0 Å². The van der Waals surface area contributed by atoms with Gasteiger partial charge in [0.1, 0.15) is 18.0 Å². The van der Waals surface area contributed by atoms with E-state index in [9.17, 15) is 14.0 Å². The molecule has 152 valence electrons. The smallest absolute Gasteiger partial charge is 0.253 e. The van der Waals surface area contributed by atoms with E-state index in [1.165, 1.54) is 12.1 Å². The van der Waals surface area contributed by atoms with E-state index in [4.69, 9.17) is 9.47 Å². The van der Waals surface area contributed by atoms with Crippen molar-refractivity contribution in [1.82, 2.24) is 4.90 Å². The number of hydrogen-bond acceptors (Lipinski definition) is 4. The van der Waals surface area contributed by atoms with E-state index in [0.717, 1.165) is 45.4 Å². The first-order valence-electron chi connectivity index (χ1n) is 10.1. The maximum atomic E-state index is 13.3.